The summed E-state index contributed by atoms with van der Waals surface area (Å²) in [6.45, 7) is 2.21. The highest BCUT2D eigenvalue weighted by Gasteiger charge is 2.43. The lowest BCUT2D eigenvalue weighted by atomic mass is 10.1. The van der Waals surface area contributed by atoms with E-state index in [1.807, 2.05) is 0 Å². The van der Waals surface area contributed by atoms with Crippen molar-refractivity contribution >= 4 is 22.6 Å². The second-order valence-corrected chi connectivity index (χ2v) is 6.82. The Labute approximate surface area is 125 Å². The van der Waals surface area contributed by atoms with Crippen molar-refractivity contribution in [3.63, 3.8) is 0 Å². The maximum Gasteiger partial charge on any atom is 0.111 e. The fourth-order valence-corrected chi connectivity index (χ4v) is 3.80. The number of rotatable bonds is 5. The van der Waals surface area contributed by atoms with Crippen LogP contribution in [0, 0.1) is 18.8 Å². The number of aromatic nitrogens is 2. The molecule has 0 unspecified atom stereocenters. The fraction of sp³-hybridized carbons (Fsp3) is 0.588. The lowest BCUT2D eigenvalue weighted by Gasteiger charge is -2.22. The van der Waals surface area contributed by atoms with Gasteiger partial charge in [0.05, 0.1) is 11.0 Å². The molecule has 0 radical (unpaired) electrons. The van der Waals surface area contributed by atoms with Crippen LogP contribution in [0.4, 0.5) is 0 Å². The molecule has 2 aliphatic rings. The van der Waals surface area contributed by atoms with Crippen LogP contribution in [0.2, 0.25) is 0 Å². The highest BCUT2D eigenvalue weighted by atomic mass is 35.5. The molecule has 1 heterocycles. The van der Waals surface area contributed by atoms with E-state index in [0.717, 1.165) is 23.8 Å². The Balaban J connectivity index is 1.91. The number of nitrogens with zero attached hydrogens (tertiary/aromatic N) is 2. The number of hydrogen-bond acceptors (Lipinski definition) is 1. The molecule has 1 aromatic heterocycles. The minimum absolute atomic E-state index is 0.657. The van der Waals surface area contributed by atoms with Gasteiger partial charge in [-0.05, 0) is 56.1 Å². The minimum atomic E-state index is 0.657. The molecule has 4 rings (SSSR count). The molecule has 0 saturated heterocycles. The second kappa shape index (κ2) is 4.77. The van der Waals surface area contributed by atoms with Gasteiger partial charge in [0, 0.05) is 18.3 Å². The maximum atomic E-state index is 6.02. The van der Waals surface area contributed by atoms with Gasteiger partial charge in [-0.1, -0.05) is 12.1 Å². The Morgan fingerprint density at radius 2 is 1.95 bits per heavy atom. The monoisotopic (exact) mass is 288 g/mol. The molecule has 0 N–H and O–H groups in total. The summed E-state index contributed by atoms with van der Waals surface area (Å²) < 4.78 is 2.57. The molecule has 2 nitrogen and oxygen atoms in total. The first-order valence-corrected chi connectivity index (χ1v) is 8.35. The van der Waals surface area contributed by atoms with Crippen LogP contribution in [-0.2, 0) is 6.42 Å². The number of para-hydroxylation sites is 1. The number of hydrogen-bond donors (Lipinski definition) is 0. The predicted molar refractivity (Wildman–Crippen MR) is 83.4 cm³/mol. The van der Waals surface area contributed by atoms with Gasteiger partial charge in [0.2, 0.25) is 0 Å². The van der Waals surface area contributed by atoms with E-state index in [9.17, 15) is 0 Å². The zero-order valence-corrected chi connectivity index (χ0v) is 12.7. The van der Waals surface area contributed by atoms with Crippen LogP contribution >= 0.6 is 11.6 Å². The van der Waals surface area contributed by atoms with Crippen LogP contribution in [0.15, 0.2) is 18.2 Å². The molecular weight excluding hydrogens is 268 g/mol. The van der Waals surface area contributed by atoms with Gasteiger partial charge in [-0.25, -0.2) is 4.98 Å². The third kappa shape index (κ3) is 2.05. The summed E-state index contributed by atoms with van der Waals surface area (Å²) in [6.07, 6.45) is 6.46. The topological polar surface area (TPSA) is 17.8 Å². The van der Waals surface area contributed by atoms with E-state index < -0.39 is 0 Å². The van der Waals surface area contributed by atoms with Crippen molar-refractivity contribution < 1.29 is 0 Å². The molecular formula is C17H21ClN2. The molecule has 2 saturated carbocycles. The van der Waals surface area contributed by atoms with E-state index in [1.54, 1.807) is 0 Å². The quantitative estimate of drug-likeness (QED) is 0.741. The van der Waals surface area contributed by atoms with Crippen LogP contribution in [-0.4, -0.2) is 15.4 Å². The molecule has 3 heteroatoms. The van der Waals surface area contributed by atoms with Crippen molar-refractivity contribution in [1.29, 1.82) is 0 Å². The number of benzene rings is 1. The number of aryl methyl sites for hydroxylation is 2. The van der Waals surface area contributed by atoms with Gasteiger partial charge < -0.3 is 4.57 Å². The zero-order valence-electron chi connectivity index (χ0n) is 12.0. The molecule has 0 atom stereocenters. The van der Waals surface area contributed by atoms with E-state index in [0.29, 0.717) is 11.9 Å². The standard InChI is InChI=1S/C17H21ClN2/c1-11-3-2-4-14-16(11)20(15(19-14)9-10-18)17(12-5-6-12)13-7-8-13/h2-4,12-13,17H,5-10H2,1H3. The number of alkyl halides is 1. The van der Waals surface area contributed by atoms with Gasteiger partial charge >= 0.3 is 0 Å². The summed E-state index contributed by atoms with van der Waals surface area (Å²) >= 11 is 6.02. The van der Waals surface area contributed by atoms with E-state index in [1.165, 1.54) is 42.6 Å². The predicted octanol–water partition coefficient (Wildman–Crippen LogP) is 4.49. The Hall–Kier alpha value is -1.02. The second-order valence-electron chi connectivity index (χ2n) is 6.45. The van der Waals surface area contributed by atoms with Crippen molar-refractivity contribution in [3.8, 4) is 0 Å². The molecule has 106 valence electrons. The number of halogens is 1. The molecule has 20 heavy (non-hydrogen) atoms. The highest BCUT2D eigenvalue weighted by molar-refractivity contribution is 6.17. The third-order valence-corrected chi connectivity index (χ3v) is 5.00. The van der Waals surface area contributed by atoms with E-state index >= 15 is 0 Å². The highest BCUT2D eigenvalue weighted by Crippen LogP contribution is 2.53. The summed E-state index contributed by atoms with van der Waals surface area (Å²) in [4.78, 5) is 4.88. The number of imidazole rings is 1. The van der Waals surface area contributed by atoms with Crippen LogP contribution in [0.1, 0.15) is 43.1 Å². The fourth-order valence-electron chi connectivity index (χ4n) is 3.63. The van der Waals surface area contributed by atoms with Crippen LogP contribution in [0.5, 0.6) is 0 Å². The van der Waals surface area contributed by atoms with Gasteiger partial charge in [0.1, 0.15) is 5.82 Å². The largest absolute Gasteiger partial charge is 0.324 e. The molecule has 1 aromatic carbocycles. The van der Waals surface area contributed by atoms with E-state index in [2.05, 4.69) is 29.7 Å². The van der Waals surface area contributed by atoms with Crippen molar-refractivity contribution in [1.82, 2.24) is 9.55 Å². The summed E-state index contributed by atoms with van der Waals surface area (Å²) in [6, 6.07) is 7.15. The zero-order chi connectivity index (χ0) is 13.7. The van der Waals surface area contributed by atoms with Gasteiger partial charge in [0.15, 0.2) is 0 Å². The molecule has 0 aliphatic heterocycles. The molecule has 0 spiro atoms. The van der Waals surface area contributed by atoms with Crippen molar-refractivity contribution in [2.45, 2.75) is 45.1 Å². The Kier molecular flexibility index (Phi) is 3.03. The van der Waals surface area contributed by atoms with Gasteiger partial charge in [-0.2, -0.15) is 0 Å². The van der Waals surface area contributed by atoms with Gasteiger partial charge in [-0.15, -0.1) is 11.6 Å². The smallest absolute Gasteiger partial charge is 0.111 e. The van der Waals surface area contributed by atoms with E-state index in [4.69, 9.17) is 16.6 Å². The Morgan fingerprint density at radius 3 is 2.55 bits per heavy atom. The average Bonchev–Trinajstić information content (AvgIpc) is 3.32. The lowest BCUT2D eigenvalue weighted by Crippen LogP contribution is -2.17. The molecule has 0 bridgehead atoms. The van der Waals surface area contributed by atoms with Crippen LogP contribution in [0.25, 0.3) is 11.0 Å². The van der Waals surface area contributed by atoms with Crippen LogP contribution in [0.3, 0.4) is 0 Å². The number of fused-ring (bicyclic) bond motifs is 1. The molecule has 0 amide bonds. The van der Waals surface area contributed by atoms with Crippen LogP contribution < -0.4 is 0 Å². The van der Waals surface area contributed by atoms with Crippen molar-refractivity contribution in [3.05, 3.63) is 29.6 Å². The van der Waals surface area contributed by atoms with Gasteiger partial charge in [0.25, 0.3) is 0 Å². The first-order chi connectivity index (χ1) is 9.79. The van der Waals surface area contributed by atoms with Crippen molar-refractivity contribution in [2.75, 3.05) is 5.88 Å². The summed E-state index contributed by atoms with van der Waals surface area (Å²) in [5, 5.41) is 0. The molecule has 2 aliphatic carbocycles. The summed E-state index contributed by atoms with van der Waals surface area (Å²) in [5.41, 5.74) is 3.86. The third-order valence-electron chi connectivity index (χ3n) is 4.81. The maximum absolute atomic E-state index is 6.02. The Morgan fingerprint density at radius 1 is 1.25 bits per heavy atom. The first kappa shape index (κ1) is 12.7. The average molecular weight is 289 g/mol. The first-order valence-electron chi connectivity index (χ1n) is 7.82. The SMILES string of the molecule is Cc1cccc2nc(CCCl)n(C(C3CC3)C3CC3)c12. The van der Waals surface area contributed by atoms with E-state index in [-0.39, 0.29) is 0 Å². The Bertz CT molecular complexity index is 626. The molecule has 2 aromatic rings. The minimum Gasteiger partial charge on any atom is -0.324 e. The molecule has 2 fully saturated rings. The summed E-state index contributed by atoms with van der Waals surface area (Å²) in [5.74, 6) is 3.63. The normalized spacial score (nSPS) is 19.1. The lowest BCUT2D eigenvalue weighted by molar-refractivity contribution is 0.393. The van der Waals surface area contributed by atoms with Gasteiger partial charge in [-0.3, -0.25) is 0 Å². The summed E-state index contributed by atoms with van der Waals surface area (Å²) in [7, 11) is 0. The van der Waals surface area contributed by atoms with Crippen molar-refractivity contribution in [2.24, 2.45) is 11.8 Å².